The van der Waals surface area contributed by atoms with E-state index >= 15 is 0 Å². The molecule has 0 aromatic rings. The number of aliphatic hydroxyl groups excluding tert-OH is 4. The molecule has 0 bridgehead atoms. The lowest BCUT2D eigenvalue weighted by Crippen LogP contribution is -2.49. The summed E-state index contributed by atoms with van der Waals surface area (Å²) in [6, 6.07) is 0. The first kappa shape index (κ1) is 17.6. The van der Waals surface area contributed by atoms with Crippen molar-refractivity contribution in [3.63, 3.8) is 0 Å². The highest BCUT2D eigenvalue weighted by Gasteiger charge is 2.37. The van der Waals surface area contributed by atoms with Crippen molar-refractivity contribution in [1.82, 2.24) is 0 Å². The van der Waals surface area contributed by atoms with Gasteiger partial charge in [-0.2, -0.15) is 0 Å². The molecule has 0 aliphatic carbocycles. The van der Waals surface area contributed by atoms with Crippen molar-refractivity contribution in [3.8, 4) is 0 Å². The minimum absolute atomic E-state index is 0.250. The zero-order chi connectivity index (χ0) is 14.2. The fraction of sp³-hybridized carbons (Fsp3) is 0.571. The van der Waals surface area contributed by atoms with Crippen molar-refractivity contribution in [2.75, 3.05) is 0 Å². The minimum atomic E-state index is -2.36. The van der Waals surface area contributed by atoms with E-state index in [1.807, 2.05) is 0 Å². The van der Waals surface area contributed by atoms with E-state index in [1.54, 1.807) is 0 Å². The third-order valence-corrected chi connectivity index (χ3v) is 1.50. The summed E-state index contributed by atoms with van der Waals surface area (Å²) >= 11 is 0. The summed E-state index contributed by atoms with van der Waals surface area (Å²) in [5.74, 6) is -3.68. The lowest BCUT2D eigenvalue weighted by molar-refractivity contribution is -0.172. The molecule has 0 spiro atoms. The van der Waals surface area contributed by atoms with Crippen molar-refractivity contribution >= 4 is 18.4 Å². The van der Waals surface area contributed by atoms with Gasteiger partial charge in [0, 0.05) is 0 Å². The largest absolute Gasteiger partial charge is 0.483 e. The molecule has 10 heteroatoms. The number of rotatable bonds is 5. The summed E-state index contributed by atoms with van der Waals surface area (Å²) in [7, 11) is 0. The maximum atomic E-state index is 10.1. The number of aliphatic carboxylic acids is 2. The van der Waals surface area contributed by atoms with E-state index in [0.717, 1.165) is 0 Å². The van der Waals surface area contributed by atoms with Gasteiger partial charge in [-0.15, -0.1) is 0 Å². The van der Waals surface area contributed by atoms with Crippen molar-refractivity contribution < 1.29 is 50.1 Å². The highest BCUT2D eigenvalue weighted by atomic mass is 16.4. The van der Waals surface area contributed by atoms with Gasteiger partial charge in [-0.05, 0) is 0 Å². The quantitative estimate of drug-likeness (QED) is 0.240. The van der Waals surface area contributed by atoms with Gasteiger partial charge in [-0.25, -0.2) is 9.59 Å². The summed E-state index contributed by atoms with van der Waals surface area (Å²) in [5.41, 5.74) is 0. The molecule has 17 heavy (non-hydrogen) atoms. The Kier molecular flexibility index (Phi) is 8.72. The van der Waals surface area contributed by atoms with Gasteiger partial charge in [-0.1, -0.05) is 0 Å². The van der Waals surface area contributed by atoms with Gasteiger partial charge in [0.05, 0.1) is 0 Å². The summed E-state index contributed by atoms with van der Waals surface area (Å²) in [4.78, 5) is 28.5. The summed E-state index contributed by atoms with van der Waals surface area (Å²) in [6.45, 7) is -0.250. The molecule has 0 saturated carbocycles. The second-order valence-electron chi connectivity index (χ2n) is 2.65. The maximum absolute atomic E-state index is 10.1. The molecule has 0 saturated heterocycles. The standard InChI is InChI=1S/C6H10O8.CH2O2/c7-1(3(9)5(11)12)2(8)4(10)6(13)14;2-1-3/h1-4,7-10H,(H,11,12)(H,13,14);1H,(H,2,3). The highest BCUT2D eigenvalue weighted by molar-refractivity contribution is 5.75. The normalized spacial score (nSPS) is 16.7. The van der Waals surface area contributed by atoms with Crippen LogP contribution in [0.1, 0.15) is 0 Å². The van der Waals surface area contributed by atoms with Gasteiger partial charge in [-0.3, -0.25) is 4.79 Å². The summed E-state index contributed by atoms with van der Waals surface area (Å²) in [6.07, 6.45) is -9.28. The van der Waals surface area contributed by atoms with E-state index in [2.05, 4.69) is 0 Å². The van der Waals surface area contributed by atoms with E-state index in [9.17, 15) is 9.59 Å². The molecule has 0 aromatic heterocycles. The number of aliphatic hydroxyl groups is 4. The zero-order valence-corrected chi connectivity index (χ0v) is 8.24. The Labute approximate surface area is 94.0 Å². The number of carboxylic acid groups (broad SMARTS) is 3. The van der Waals surface area contributed by atoms with E-state index in [0.29, 0.717) is 0 Å². The molecule has 0 rings (SSSR count). The van der Waals surface area contributed by atoms with Crippen molar-refractivity contribution in [2.45, 2.75) is 24.4 Å². The smallest absolute Gasteiger partial charge is 0.335 e. The van der Waals surface area contributed by atoms with Crippen molar-refractivity contribution in [2.24, 2.45) is 0 Å². The van der Waals surface area contributed by atoms with Gasteiger partial charge in [0.1, 0.15) is 12.2 Å². The SMILES string of the molecule is O=C(O)C(O)C(O)C(O)C(O)C(=O)O.O=CO. The Morgan fingerprint density at radius 1 is 0.824 bits per heavy atom. The molecule has 4 atom stereocenters. The summed E-state index contributed by atoms with van der Waals surface area (Å²) in [5, 5.41) is 58.3. The predicted molar refractivity (Wildman–Crippen MR) is 48.0 cm³/mol. The third kappa shape index (κ3) is 6.42. The molecule has 100 valence electrons. The molecule has 10 nitrogen and oxygen atoms in total. The summed E-state index contributed by atoms with van der Waals surface area (Å²) < 4.78 is 0. The Bertz CT molecular complexity index is 239. The zero-order valence-electron chi connectivity index (χ0n) is 8.24. The molecule has 0 aromatic carbocycles. The fourth-order valence-corrected chi connectivity index (χ4v) is 0.666. The maximum Gasteiger partial charge on any atom is 0.335 e. The van der Waals surface area contributed by atoms with Crippen molar-refractivity contribution in [3.05, 3.63) is 0 Å². The lowest BCUT2D eigenvalue weighted by Gasteiger charge is -2.21. The first-order valence-corrected chi connectivity index (χ1v) is 3.96. The van der Waals surface area contributed by atoms with Gasteiger partial charge in [0.25, 0.3) is 6.47 Å². The Balaban J connectivity index is 0. The molecule has 0 aliphatic heterocycles. The minimum Gasteiger partial charge on any atom is -0.483 e. The molecular weight excluding hydrogens is 244 g/mol. The third-order valence-electron chi connectivity index (χ3n) is 1.50. The Morgan fingerprint density at radius 3 is 1.12 bits per heavy atom. The highest BCUT2D eigenvalue weighted by Crippen LogP contribution is 2.05. The molecule has 0 fully saturated rings. The first-order valence-electron chi connectivity index (χ1n) is 3.96. The topological polar surface area (TPSA) is 193 Å². The van der Waals surface area contributed by atoms with Crippen LogP contribution in [0.15, 0.2) is 0 Å². The van der Waals surface area contributed by atoms with E-state index < -0.39 is 36.4 Å². The van der Waals surface area contributed by atoms with Crippen LogP contribution in [0.4, 0.5) is 0 Å². The van der Waals surface area contributed by atoms with Gasteiger partial charge in [0.15, 0.2) is 12.2 Å². The monoisotopic (exact) mass is 256 g/mol. The molecular formula is C7H12O10. The first-order chi connectivity index (χ1) is 7.70. The molecule has 0 radical (unpaired) electrons. The molecule has 4 unspecified atom stereocenters. The second kappa shape index (κ2) is 8.41. The van der Waals surface area contributed by atoms with Crippen LogP contribution < -0.4 is 0 Å². The van der Waals surface area contributed by atoms with Gasteiger partial charge < -0.3 is 35.7 Å². The van der Waals surface area contributed by atoms with E-state index in [-0.39, 0.29) is 6.47 Å². The number of hydrogen-bond donors (Lipinski definition) is 7. The average molecular weight is 256 g/mol. The lowest BCUT2D eigenvalue weighted by atomic mass is 10.0. The van der Waals surface area contributed by atoms with Crippen LogP contribution in [-0.2, 0) is 14.4 Å². The van der Waals surface area contributed by atoms with Crippen LogP contribution in [0.2, 0.25) is 0 Å². The average Bonchev–Trinajstić information content (AvgIpc) is 2.25. The number of carbonyl (C=O) groups is 3. The number of hydrogen-bond acceptors (Lipinski definition) is 7. The number of carboxylic acids is 2. The van der Waals surface area contributed by atoms with E-state index in [4.69, 9.17) is 40.5 Å². The van der Waals surface area contributed by atoms with Gasteiger partial charge in [0.2, 0.25) is 0 Å². The van der Waals surface area contributed by atoms with Gasteiger partial charge >= 0.3 is 11.9 Å². The Morgan fingerprint density at radius 2 is 1.00 bits per heavy atom. The van der Waals surface area contributed by atoms with Crippen LogP contribution in [0, 0.1) is 0 Å². The molecule has 0 aliphatic rings. The second-order valence-corrected chi connectivity index (χ2v) is 2.65. The fourth-order valence-electron chi connectivity index (χ4n) is 0.666. The predicted octanol–water partition coefficient (Wildman–Crippen LogP) is -3.70. The molecule has 7 N–H and O–H groups in total. The Hall–Kier alpha value is -1.75. The van der Waals surface area contributed by atoms with Crippen molar-refractivity contribution in [1.29, 1.82) is 0 Å². The van der Waals surface area contributed by atoms with Crippen LogP contribution in [0.25, 0.3) is 0 Å². The van der Waals surface area contributed by atoms with Crippen LogP contribution in [0.3, 0.4) is 0 Å². The van der Waals surface area contributed by atoms with Crippen LogP contribution in [0.5, 0.6) is 0 Å². The van der Waals surface area contributed by atoms with Crippen LogP contribution >= 0.6 is 0 Å². The van der Waals surface area contributed by atoms with E-state index in [1.165, 1.54) is 0 Å². The van der Waals surface area contributed by atoms with Crippen LogP contribution in [-0.4, -0.2) is 78.6 Å². The molecule has 0 amide bonds. The molecule has 0 heterocycles.